The Hall–Kier alpha value is -1.11. The molecular formula is C11H13F. The van der Waals surface area contributed by atoms with E-state index >= 15 is 0 Å². The number of hydrogen-bond acceptors (Lipinski definition) is 0. The molecule has 0 atom stereocenters. The summed E-state index contributed by atoms with van der Waals surface area (Å²) in [6, 6.07) is 6.53. The molecule has 1 rings (SSSR count). The van der Waals surface area contributed by atoms with Crippen molar-refractivity contribution >= 4 is 6.08 Å². The van der Waals surface area contributed by atoms with Crippen LogP contribution in [-0.2, 0) is 0 Å². The molecule has 0 saturated heterocycles. The van der Waals surface area contributed by atoms with Crippen LogP contribution in [0.3, 0.4) is 0 Å². The molecular weight excluding hydrogens is 151 g/mol. The Balaban J connectivity index is 2.84. The Morgan fingerprint density at radius 3 is 2.42 bits per heavy atom. The summed E-state index contributed by atoms with van der Waals surface area (Å²) in [6.07, 6.45) is 3.11. The van der Waals surface area contributed by atoms with Gasteiger partial charge in [-0.1, -0.05) is 30.7 Å². The van der Waals surface area contributed by atoms with Crippen LogP contribution in [0.25, 0.3) is 6.08 Å². The lowest BCUT2D eigenvalue weighted by atomic mass is 10.1. The first-order valence-corrected chi connectivity index (χ1v) is 4.15. The Labute approximate surface area is 72.7 Å². The minimum atomic E-state index is -0.179. The van der Waals surface area contributed by atoms with E-state index in [0.29, 0.717) is 0 Å². The van der Waals surface area contributed by atoms with Crippen LogP contribution in [0.1, 0.15) is 25.8 Å². The molecule has 0 heterocycles. The van der Waals surface area contributed by atoms with Gasteiger partial charge in [-0.2, -0.15) is 0 Å². The van der Waals surface area contributed by atoms with E-state index in [1.54, 1.807) is 12.1 Å². The third kappa shape index (κ3) is 2.50. The standard InChI is InChI=1S/C11H13F/c1-3-9(2)8-10-4-6-11(12)7-5-10/h4-8H,3H2,1-2H3/b9-8-. The molecule has 64 valence electrons. The molecule has 0 aromatic heterocycles. The highest BCUT2D eigenvalue weighted by atomic mass is 19.1. The van der Waals surface area contributed by atoms with Crippen molar-refractivity contribution in [3.63, 3.8) is 0 Å². The molecule has 12 heavy (non-hydrogen) atoms. The second-order valence-corrected chi connectivity index (χ2v) is 2.90. The highest BCUT2D eigenvalue weighted by Gasteiger charge is 1.90. The summed E-state index contributed by atoms with van der Waals surface area (Å²) in [6.45, 7) is 4.18. The van der Waals surface area contributed by atoms with Gasteiger partial charge in [0.2, 0.25) is 0 Å². The second-order valence-electron chi connectivity index (χ2n) is 2.90. The fourth-order valence-electron chi connectivity index (χ4n) is 0.946. The van der Waals surface area contributed by atoms with Crippen molar-refractivity contribution in [2.75, 3.05) is 0 Å². The van der Waals surface area contributed by atoms with Crippen LogP contribution in [0.15, 0.2) is 29.8 Å². The van der Waals surface area contributed by atoms with Crippen LogP contribution in [0.2, 0.25) is 0 Å². The van der Waals surface area contributed by atoms with Gasteiger partial charge < -0.3 is 0 Å². The van der Waals surface area contributed by atoms with Crippen LogP contribution >= 0.6 is 0 Å². The molecule has 1 heteroatoms. The average Bonchev–Trinajstić information content (AvgIpc) is 2.09. The van der Waals surface area contributed by atoms with Crippen molar-refractivity contribution in [3.8, 4) is 0 Å². The van der Waals surface area contributed by atoms with Gasteiger partial charge in [0.25, 0.3) is 0 Å². The predicted molar refractivity (Wildman–Crippen MR) is 50.3 cm³/mol. The molecule has 0 aliphatic rings. The minimum absolute atomic E-state index is 0.179. The second kappa shape index (κ2) is 4.05. The van der Waals surface area contributed by atoms with E-state index in [2.05, 4.69) is 19.9 Å². The number of benzene rings is 1. The van der Waals surface area contributed by atoms with E-state index in [0.717, 1.165) is 12.0 Å². The first-order valence-electron chi connectivity index (χ1n) is 4.15. The zero-order valence-corrected chi connectivity index (χ0v) is 7.47. The van der Waals surface area contributed by atoms with Crippen LogP contribution in [0.4, 0.5) is 4.39 Å². The summed E-state index contributed by atoms with van der Waals surface area (Å²) in [5, 5.41) is 0. The maximum atomic E-state index is 12.5. The van der Waals surface area contributed by atoms with Crippen LogP contribution in [-0.4, -0.2) is 0 Å². The number of halogens is 1. The van der Waals surface area contributed by atoms with Gasteiger partial charge in [0.05, 0.1) is 0 Å². The molecule has 0 unspecified atom stereocenters. The first-order chi connectivity index (χ1) is 5.72. The van der Waals surface area contributed by atoms with E-state index in [1.165, 1.54) is 17.7 Å². The van der Waals surface area contributed by atoms with Gasteiger partial charge >= 0.3 is 0 Å². The SMILES string of the molecule is CC/C(C)=C\c1ccc(F)cc1. The highest BCUT2D eigenvalue weighted by molar-refractivity contribution is 5.51. The van der Waals surface area contributed by atoms with Gasteiger partial charge in [-0.3, -0.25) is 0 Å². The van der Waals surface area contributed by atoms with Crippen LogP contribution in [0, 0.1) is 5.82 Å². The zero-order chi connectivity index (χ0) is 8.97. The lowest BCUT2D eigenvalue weighted by molar-refractivity contribution is 0.628. The predicted octanol–water partition coefficient (Wildman–Crippen LogP) is 3.64. The number of hydrogen-bond donors (Lipinski definition) is 0. The van der Waals surface area contributed by atoms with Gasteiger partial charge in [0, 0.05) is 0 Å². The molecule has 0 saturated carbocycles. The molecule has 0 bridgehead atoms. The normalized spacial score (nSPS) is 11.8. The molecule has 0 amide bonds. The summed E-state index contributed by atoms with van der Waals surface area (Å²) >= 11 is 0. The molecule has 1 aromatic carbocycles. The van der Waals surface area contributed by atoms with Crippen molar-refractivity contribution in [2.24, 2.45) is 0 Å². The smallest absolute Gasteiger partial charge is 0.123 e. The number of rotatable bonds is 2. The van der Waals surface area contributed by atoms with E-state index in [9.17, 15) is 4.39 Å². The fraction of sp³-hybridized carbons (Fsp3) is 0.273. The molecule has 0 spiro atoms. The van der Waals surface area contributed by atoms with E-state index in [1.807, 2.05) is 0 Å². The van der Waals surface area contributed by atoms with Gasteiger partial charge in [-0.15, -0.1) is 0 Å². The van der Waals surface area contributed by atoms with Crippen molar-refractivity contribution in [1.82, 2.24) is 0 Å². The van der Waals surface area contributed by atoms with Crippen molar-refractivity contribution in [3.05, 3.63) is 41.2 Å². The monoisotopic (exact) mass is 164 g/mol. The van der Waals surface area contributed by atoms with Crippen molar-refractivity contribution in [1.29, 1.82) is 0 Å². The maximum absolute atomic E-state index is 12.5. The maximum Gasteiger partial charge on any atom is 0.123 e. The van der Waals surface area contributed by atoms with E-state index < -0.39 is 0 Å². The summed E-state index contributed by atoms with van der Waals surface area (Å²) in [5.74, 6) is -0.179. The molecule has 0 aliphatic heterocycles. The zero-order valence-electron chi connectivity index (χ0n) is 7.47. The first kappa shape index (κ1) is 8.98. The molecule has 0 aliphatic carbocycles. The highest BCUT2D eigenvalue weighted by Crippen LogP contribution is 2.09. The quantitative estimate of drug-likeness (QED) is 0.626. The third-order valence-electron chi connectivity index (χ3n) is 1.84. The lowest BCUT2D eigenvalue weighted by Gasteiger charge is -1.96. The Bertz CT molecular complexity index is 270. The Morgan fingerprint density at radius 1 is 1.33 bits per heavy atom. The average molecular weight is 164 g/mol. The third-order valence-corrected chi connectivity index (χ3v) is 1.84. The minimum Gasteiger partial charge on any atom is -0.207 e. The molecule has 1 aromatic rings. The van der Waals surface area contributed by atoms with Gasteiger partial charge in [-0.05, 0) is 31.0 Å². The summed E-state index contributed by atoms with van der Waals surface area (Å²) in [7, 11) is 0. The topological polar surface area (TPSA) is 0 Å². The van der Waals surface area contributed by atoms with Crippen LogP contribution < -0.4 is 0 Å². The van der Waals surface area contributed by atoms with E-state index in [-0.39, 0.29) is 5.82 Å². The van der Waals surface area contributed by atoms with Crippen molar-refractivity contribution < 1.29 is 4.39 Å². The van der Waals surface area contributed by atoms with Crippen LogP contribution in [0.5, 0.6) is 0 Å². The van der Waals surface area contributed by atoms with E-state index in [4.69, 9.17) is 0 Å². The molecule has 0 nitrogen and oxygen atoms in total. The van der Waals surface area contributed by atoms with Gasteiger partial charge in [0.1, 0.15) is 5.82 Å². The number of allylic oxidation sites excluding steroid dienone is 1. The largest absolute Gasteiger partial charge is 0.207 e. The molecule has 0 radical (unpaired) electrons. The van der Waals surface area contributed by atoms with Gasteiger partial charge in [-0.25, -0.2) is 4.39 Å². The summed E-state index contributed by atoms with van der Waals surface area (Å²) < 4.78 is 12.5. The Kier molecular flexibility index (Phi) is 3.03. The summed E-state index contributed by atoms with van der Waals surface area (Å²) in [4.78, 5) is 0. The molecule has 0 fully saturated rings. The molecule has 0 N–H and O–H groups in total. The Morgan fingerprint density at radius 2 is 1.92 bits per heavy atom. The fourth-order valence-corrected chi connectivity index (χ4v) is 0.946. The van der Waals surface area contributed by atoms with Crippen molar-refractivity contribution in [2.45, 2.75) is 20.3 Å². The lowest BCUT2D eigenvalue weighted by Crippen LogP contribution is -1.76. The summed E-state index contributed by atoms with van der Waals surface area (Å²) in [5.41, 5.74) is 2.37. The van der Waals surface area contributed by atoms with Gasteiger partial charge in [0.15, 0.2) is 0 Å².